The van der Waals surface area contributed by atoms with Crippen molar-refractivity contribution in [3.05, 3.63) is 30.3 Å². The fourth-order valence-electron chi connectivity index (χ4n) is 3.17. The molecule has 156 valence electrons. The third kappa shape index (κ3) is 7.76. The van der Waals surface area contributed by atoms with Gasteiger partial charge in [-0.2, -0.15) is 0 Å². The first-order valence-corrected chi connectivity index (χ1v) is 10.3. The average Bonchev–Trinajstić information content (AvgIpc) is 2.73. The zero-order valence-corrected chi connectivity index (χ0v) is 17.4. The first-order chi connectivity index (χ1) is 13.6. The molecule has 1 unspecified atom stereocenters. The number of para-hydroxylation sites is 1. The molecule has 2 rings (SSSR count). The van der Waals surface area contributed by atoms with Gasteiger partial charge in [0, 0.05) is 32.7 Å². The van der Waals surface area contributed by atoms with Crippen molar-refractivity contribution in [1.29, 1.82) is 0 Å². The molecule has 1 aliphatic rings. The van der Waals surface area contributed by atoms with Crippen LogP contribution >= 0.6 is 0 Å². The van der Waals surface area contributed by atoms with E-state index in [0.717, 1.165) is 50.6 Å². The molecule has 1 fully saturated rings. The number of carbonyl (C=O) groups excluding carboxylic acids is 1. The molecule has 0 aromatic heterocycles. The van der Waals surface area contributed by atoms with E-state index < -0.39 is 0 Å². The second-order valence-electron chi connectivity index (χ2n) is 7.05. The normalized spacial score (nSPS) is 17.0. The highest BCUT2D eigenvalue weighted by molar-refractivity contribution is 5.80. The van der Waals surface area contributed by atoms with E-state index in [1.807, 2.05) is 30.3 Å². The van der Waals surface area contributed by atoms with Gasteiger partial charge in [-0.1, -0.05) is 25.1 Å². The highest BCUT2D eigenvalue weighted by Crippen LogP contribution is 2.13. The van der Waals surface area contributed by atoms with Crippen molar-refractivity contribution in [3.8, 4) is 5.75 Å². The molecule has 0 radical (unpaired) electrons. The fraction of sp³-hybridized carbons (Fsp3) is 0.619. The van der Waals surface area contributed by atoms with Gasteiger partial charge in [0.1, 0.15) is 11.9 Å². The molecule has 0 aliphatic carbocycles. The van der Waals surface area contributed by atoms with Crippen LogP contribution in [-0.4, -0.2) is 68.7 Å². The molecule has 1 aromatic carbocycles. The van der Waals surface area contributed by atoms with Crippen molar-refractivity contribution in [2.24, 2.45) is 4.99 Å². The van der Waals surface area contributed by atoms with E-state index in [-0.39, 0.29) is 12.0 Å². The van der Waals surface area contributed by atoms with Crippen molar-refractivity contribution in [1.82, 2.24) is 20.9 Å². The van der Waals surface area contributed by atoms with Crippen LogP contribution in [0.1, 0.15) is 33.1 Å². The second-order valence-corrected chi connectivity index (χ2v) is 7.05. The van der Waals surface area contributed by atoms with E-state index in [2.05, 4.69) is 34.7 Å². The van der Waals surface area contributed by atoms with Crippen molar-refractivity contribution in [2.75, 3.05) is 39.8 Å². The number of rotatable bonds is 9. The van der Waals surface area contributed by atoms with Crippen LogP contribution in [0.2, 0.25) is 0 Å². The Morgan fingerprint density at radius 3 is 2.57 bits per heavy atom. The Hall–Kier alpha value is -2.28. The molecule has 7 heteroatoms. The zero-order valence-electron chi connectivity index (χ0n) is 17.4. The molecule has 3 N–H and O–H groups in total. The minimum absolute atomic E-state index is 0.0484. The number of carbonyl (C=O) groups is 1. The van der Waals surface area contributed by atoms with Crippen LogP contribution in [-0.2, 0) is 4.79 Å². The Morgan fingerprint density at radius 2 is 1.96 bits per heavy atom. The Morgan fingerprint density at radius 1 is 1.25 bits per heavy atom. The monoisotopic (exact) mass is 389 g/mol. The van der Waals surface area contributed by atoms with Crippen LogP contribution in [0.15, 0.2) is 35.3 Å². The number of amides is 1. The highest BCUT2D eigenvalue weighted by Gasteiger charge is 2.21. The molecule has 1 saturated heterocycles. The molecule has 0 saturated carbocycles. The topological polar surface area (TPSA) is 78.0 Å². The zero-order chi connectivity index (χ0) is 20.2. The number of benzene rings is 1. The van der Waals surface area contributed by atoms with Crippen LogP contribution in [0.5, 0.6) is 5.75 Å². The number of nitrogens with zero attached hydrogens (tertiary/aromatic N) is 2. The van der Waals surface area contributed by atoms with E-state index in [4.69, 9.17) is 9.73 Å². The molecule has 28 heavy (non-hydrogen) atoms. The summed E-state index contributed by atoms with van der Waals surface area (Å²) in [5.74, 6) is 1.79. The van der Waals surface area contributed by atoms with Gasteiger partial charge >= 0.3 is 0 Å². The summed E-state index contributed by atoms with van der Waals surface area (Å²) in [6, 6.07) is 10.3. The number of guanidine groups is 1. The summed E-state index contributed by atoms with van der Waals surface area (Å²) in [6.07, 6.45) is 2.95. The minimum atomic E-state index is 0.0484. The maximum atomic E-state index is 11.5. The van der Waals surface area contributed by atoms with Gasteiger partial charge in [-0.15, -0.1) is 0 Å². The molecule has 1 heterocycles. The Kier molecular flexibility index (Phi) is 9.62. The van der Waals surface area contributed by atoms with Gasteiger partial charge in [0.15, 0.2) is 5.96 Å². The number of likely N-dealkylation sites (tertiary alicyclic amines) is 1. The lowest BCUT2D eigenvalue weighted by Crippen LogP contribution is -2.50. The Bertz CT molecular complexity index is 600. The van der Waals surface area contributed by atoms with Gasteiger partial charge in [-0.25, -0.2) is 4.99 Å². The summed E-state index contributed by atoms with van der Waals surface area (Å²) in [6.45, 7) is 7.92. The predicted molar refractivity (Wildman–Crippen MR) is 114 cm³/mol. The first-order valence-electron chi connectivity index (χ1n) is 10.3. The minimum Gasteiger partial charge on any atom is -0.489 e. The summed E-state index contributed by atoms with van der Waals surface area (Å²) >= 11 is 0. The number of hydrogen-bond acceptors (Lipinski definition) is 4. The molecular formula is C21H35N5O2. The summed E-state index contributed by atoms with van der Waals surface area (Å²) in [7, 11) is 1.68. The maximum absolute atomic E-state index is 11.5. The third-order valence-electron chi connectivity index (χ3n) is 4.87. The van der Waals surface area contributed by atoms with Gasteiger partial charge < -0.3 is 20.7 Å². The summed E-state index contributed by atoms with van der Waals surface area (Å²) < 4.78 is 6.04. The summed E-state index contributed by atoms with van der Waals surface area (Å²) in [4.78, 5) is 18.5. The van der Waals surface area contributed by atoms with E-state index in [0.29, 0.717) is 19.1 Å². The Labute approximate surface area is 168 Å². The van der Waals surface area contributed by atoms with Crippen LogP contribution in [0.3, 0.4) is 0 Å². The van der Waals surface area contributed by atoms with Crippen LogP contribution in [0.25, 0.3) is 0 Å². The number of nitrogens with one attached hydrogen (secondary N) is 3. The van der Waals surface area contributed by atoms with Gasteiger partial charge in [-0.05, 0) is 38.3 Å². The van der Waals surface area contributed by atoms with E-state index in [1.54, 1.807) is 7.05 Å². The first kappa shape index (κ1) is 22.0. The number of hydrogen-bond donors (Lipinski definition) is 3. The summed E-state index contributed by atoms with van der Waals surface area (Å²) in [5, 5.41) is 9.56. The molecule has 1 amide bonds. The standard InChI is InChI=1S/C21H35N5O2/c1-4-18(28-19-9-7-6-8-10-19)15-24-21(23-5-2)25-17-11-13-26(14-12-17)16-20(27)22-3/h6-10,17-18H,4-5,11-16H2,1-3H3,(H,22,27)(H2,23,24,25). The predicted octanol–water partition coefficient (Wildman–Crippen LogP) is 1.61. The largest absolute Gasteiger partial charge is 0.489 e. The highest BCUT2D eigenvalue weighted by atomic mass is 16.5. The average molecular weight is 390 g/mol. The molecule has 0 spiro atoms. The number of likely N-dealkylation sites (N-methyl/N-ethyl adjacent to an activating group) is 1. The quantitative estimate of drug-likeness (QED) is 0.442. The number of piperidine rings is 1. The molecule has 7 nitrogen and oxygen atoms in total. The lowest BCUT2D eigenvalue weighted by Gasteiger charge is -2.32. The van der Waals surface area contributed by atoms with E-state index >= 15 is 0 Å². The number of aliphatic imine (C=N–C) groups is 1. The molecule has 0 bridgehead atoms. The number of ether oxygens (including phenoxy) is 1. The SMILES string of the molecule is CCNC(=NCC(CC)Oc1ccccc1)NC1CCN(CC(=O)NC)CC1. The van der Waals surface area contributed by atoms with Crippen molar-refractivity contribution >= 4 is 11.9 Å². The molecule has 1 atom stereocenters. The van der Waals surface area contributed by atoms with E-state index in [9.17, 15) is 4.79 Å². The maximum Gasteiger partial charge on any atom is 0.233 e. The Balaban J connectivity index is 1.83. The lowest BCUT2D eigenvalue weighted by atomic mass is 10.1. The molecular weight excluding hydrogens is 354 g/mol. The fourth-order valence-corrected chi connectivity index (χ4v) is 3.17. The van der Waals surface area contributed by atoms with Crippen LogP contribution in [0.4, 0.5) is 0 Å². The second kappa shape index (κ2) is 12.2. The van der Waals surface area contributed by atoms with Crippen molar-refractivity contribution in [3.63, 3.8) is 0 Å². The molecule has 1 aromatic rings. The third-order valence-corrected chi connectivity index (χ3v) is 4.87. The lowest BCUT2D eigenvalue weighted by molar-refractivity contribution is -0.122. The van der Waals surface area contributed by atoms with Crippen LogP contribution < -0.4 is 20.7 Å². The van der Waals surface area contributed by atoms with Gasteiger partial charge in [0.25, 0.3) is 0 Å². The van der Waals surface area contributed by atoms with Crippen LogP contribution in [0, 0.1) is 0 Å². The van der Waals surface area contributed by atoms with Gasteiger partial charge in [-0.3, -0.25) is 9.69 Å². The van der Waals surface area contributed by atoms with Crippen molar-refractivity contribution in [2.45, 2.75) is 45.3 Å². The smallest absolute Gasteiger partial charge is 0.233 e. The van der Waals surface area contributed by atoms with Crippen molar-refractivity contribution < 1.29 is 9.53 Å². The summed E-state index contributed by atoms with van der Waals surface area (Å²) in [5.41, 5.74) is 0. The van der Waals surface area contributed by atoms with E-state index in [1.165, 1.54) is 0 Å². The van der Waals surface area contributed by atoms with Gasteiger partial charge in [0.05, 0.1) is 13.1 Å². The van der Waals surface area contributed by atoms with Gasteiger partial charge in [0.2, 0.25) is 5.91 Å². The molecule has 1 aliphatic heterocycles.